The molecule has 1 fully saturated rings. The second-order valence-corrected chi connectivity index (χ2v) is 7.54. The summed E-state index contributed by atoms with van der Waals surface area (Å²) in [7, 11) is 0. The average Bonchev–Trinajstić information content (AvgIpc) is 3.44. The number of carbonyl (C=O) groups is 1. The first-order valence-corrected chi connectivity index (χ1v) is 10.00. The second-order valence-electron chi connectivity index (χ2n) is 7.54. The summed E-state index contributed by atoms with van der Waals surface area (Å²) in [6.45, 7) is 1.70. The number of fused-ring (bicyclic) bond motifs is 1. The van der Waals surface area contributed by atoms with Gasteiger partial charge in [0.05, 0.1) is 5.69 Å². The maximum absolute atomic E-state index is 12.7. The highest BCUT2D eigenvalue weighted by atomic mass is 16.1. The number of anilines is 1. The lowest BCUT2D eigenvalue weighted by Gasteiger charge is -2.33. The third-order valence-electron chi connectivity index (χ3n) is 5.55. The molecule has 4 aromatic rings. The Balaban J connectivity index is 1.27. The van der Waals surface area contributed by atoms with Crippen LogP contribution in [0.2, 0.25) is 0 Å². The van der Waals surface area contributed by atoms with Gasteiger partial charge in [-0.1, -0.05) is 36.4 Å². The topological polar surface area (TPSA) is 76.8 Å². The molecule has 6 nitrogen and oxygen atoms in total. The first-order chi connectivity index (χ1) is 14.3. The van der Waals surface area contributed by atoms with Crippen LogP contribution in [0, 0.1) is 0 Å². The van der Waals surface area contributed by atoms with Gasteiger partial charge in [-0.15, -0.1) is 0 Å². The Kier molecular flexibility index (Phi) is 4.52. The van der Waals surface area contributed by atoms with Gasteiger partial charge in [0, 0.05) is 42.5 Å². The van der Waals surface area contributed by atoms with E-state index in [0.717, 1.165) is 53.9 Å². The van der Waals surface area contributed by atoms with Crippen molar-refractivity contribution in [1.29, 1.82) is 0 Å². The molecule has 0 spiro atoms. The van der Waals surface area contributed by atoms with E-state index in [9.17, 15) is 4.79 Å². The molecule has 1 aliphatic rings. The van der Waals surface area contributed by atoms with Crippen molar-refractivity contribution in [3.05, 3.63) is 72.4 Å². The average molecular weight is 385 g/mol. The summed E-state index contributed by atoms with van der Waals surface area (Å²) in [6, 6.07) is 20.1. The molecule has 0 bridgehead atoms. The minimum absolute atomic E-state index is 0.0275. The van der Waals surface area contributed by atoms with Crippen molar-refractivity contribution in [2.75, 3.05) is 18.0 Å². The molecule has 0 unspecified atom stereocenters. The lowest BCUT2D eigenvalue weighted by molar-refractivity contribution is 0.0933. The smallest absolute Gasteiger partial charge is 0.251 e. The number of benzene rings is 2. The number of nitrogens with one attached hydrogen (secondary N) is 3. The van der Waals surface area contributed by atoms with Crippen LogP contribution in [0.4, 0.5) is 5.82 Å². The number of H-pyrrole nitrogens is 2. The number of aromatic nitrogens is 3. The number of amides is 1. The molecule has 3 heterocycles. The fourth-order valence-electron chi connectivity index (χ4n) is 4.00. The fourth-order valence-corrected chi connectivity index (χ4v) is 4.00. The first-order valence-electron chi connectivity index (χ1n) is 10.00. The Morgan fingerprint density at radius 1 is 1.10 bits per heavy atom. The van der Waals surface area contributed by atoms with Crippen LogP contribution in [-0.4, -0.2) is 40.2 Å². The van der Waals surface area contributed by atoms with E-state index in [1.807, 2.05) is 48.7 Å². The van der Waals surface area contributed by atoms with E-state index in [4.69, 9.17) is 0 Å². The van der Waals surface area contributed by atoms with Crippen molar-refractivity contribution >= 4 is 22.6 Å². The van der Waals surface area contributed by atoms with Crippen molar-refractivity contribution < 1.29 is 4.79 Å². The Morgan fingerprint density at radius 2 is 2.00 bits per heavy atom. The molecule has 6 heteroatoms. The molecule has 1 aliphatic heterocycles. The molecular weight excluding hydrogens is 362 g/mol. The lowest BCUT2D eigenvalue weighted by Crippen LogP contribution is -2.48. The number of nitrogens with zero attached hydrogens (tertiary/aromatic N) is 2. The highest BCUT2D eigenvalue weighted by molar-refractivity contribution is 5.98. The molecule has 2 aromatic carbocycles. The van der Waals surface area contributed by atoms with Gasteiger partial charge in [-0.05, 0) is 42.0 Å². The molecule has 0 radical (unpaired) electrons. The SMILES string of the molecule is O=C(N[C@H]1CCCN(c2cc(-c3ccccc3)[nH]n2)C1)c1ccc2cc[nH]c2c1. The molecule has 1 atom stereocenters. The third kappa shape index (κ3) is 3.61. The van der Waals surface area contributed by atoms with E-state index < -0.39 is 0 Å². The summed E-state index contributed by atoms with van der Waals surface area (Å²) >= 11 is 0. The van der Waals surface area contributed by atoms with Crippen molar-refractivity contribution in [2.45, 2.75) is 18.9 Å². The van der Waals surface area contributed by atoms with Gasteiger partial charge in [-0.3, -0.25) is 9.89 Å². The highest BCUT2D eigenvalue weighted by Gasteiger charge is 2.23. The summed E-state index contributed by atoms with van der Waals surface area (Å²) in [6.07, 6.45) is 3.88. The van der Waals surface area contributed by atoms with Gasteiger partial charge in [-0.25, -0.2) is 0 Å². The van der Waals surface area contributed by atoms with E-state index in [1.165, 1.54) is 0 Å². The minimum atomic E-state index is -0.0275. The molecule has 29 heavy (non-hydrogen) atoms. The molecule has 5 rings (SSSR count). The zero-order valence-corrected chi connectivity index (χ0v) is 16.1. The third-order valence-corrected chi connectivity index (χ3v) is 5.55. The van der Waals surface area contributed by atoms with Gasteiger partial charge in [0.1, 0.15) is 0 Å². The van der Waals surface area contributed by atoms with Gasteiger partial charge in [0.25, 0.3) is 5.91 Å². The predicted molar refractivity (Wildman–Crippen MR) is 115 cm³/mol. The molecule has 1 saturated heterocycles. The minimum Gasteiger partial charge on any atom is -0.361 e. The second kappa shape index (κ2) is 7.47. The number of hydrogen-bond donors (Lipinski definition) is 3. The van der Waals surface area contributed by atoms with Crippen molar-refractivity contribution in [1.82, 2.24) is 20.5 Å². The van der Waals surface area contributed by atoms with E-state index >= 15 is 0 Å². The van der Waals surface area contributed by atoms with Crippen LogP contribution in [0.3, 0.4) is 0 Å². The van der Waals surface area contributed by atoms with Crippen LogP contribution in [0.25, 0.3) is 22.2 Å². The van der Waals surface area contributed by atoms with Crippen molar-refractivity contribution in [3.8, 4) is 11.3 Å². The van der Waals surface area contributed by atoms with E-state index in [1.54, 1.807) is 0 Å². The number of carbonyl (C=O) groups excluding carboxylic acids is 1. The summed E-state index contributed by atoms with van der Waals surface area (Å²) in [5.41, 5.74) is 3.79. The van der Waals surface area contributed by atoms with Crippen LogP contribution in [0.5, 0.6) is 0 Å². The first kappa shape index (κ1) is 17.6. The van der Waals surface area contributed by atoms with Crippen molar-refractivity contribution in [3.63, 3.8) is 0 Å². The Hall–Kier alpha value is -3.54. The van der Waals surface area contributed by atoms with E-state index in [-0.39, 0.29) is 11.9 Å². The molecule has 1 amide bonds. The molecule has 0 aliphatic carbocycles. The van der Waals surface area contributed by atoms with Gasteiger partial charge in [0.2, 0.25) is 0 Å². The summed E-state index contributed by atoms with van der Waals surface area (Å²) in [5.74, 6) is 0.899. The normalized spacial score (nSPS) is 16.8. The summed E-state index contributed by atoms with van der Waals surface area (Å²) in [4.78, 5) is 18.1. The molecule has 2 aromatic heterocycles. The zero-order chi connectivity index (χ0) is 19.6. The quantitative estimate of drug-likeness (QED) is 0.498. The summed E-state index contributed by atoms with van der Waals surface area (Å²) < 4.78 is 0. The lowest BCUT2D eigenvalue weighted by atomic mass is 10.0. The van der Waals surface area contributed by atoms with Crippen molar-refractivity contribution in [2.24, 2.45) is 0 Å². The van der Waals surface area contributed by atoms with Gasteiger partial charge in [0.15, 0.2) is 5.82 Å². The van der Waals surface area contributed by atoms with Gasteiger partial charge >= 0.3 is 0 Å². The monoisotopic (exact) mass is 385 g/mol. The molecule has 3 N–H and O–H groups in total. The standard InChI is InChI=1S/C23H23N5O/c29-23(18-9-8-17-10-11-24-20(17)13-18)25-19-7-4-12-28(15-19)22-14-21(26-27-22)16-5-2-1-3-6-16/h1-3,5-6,8-11,13-14,19,24H,4,7,12,15H2,(H,25,29)(H,26,27)/t19-/m0/s1. The van der Waals surface area contributed by atoms with Crippen LogP contribution >= 0.6 is 0 Å². The van der Waals surface area contributed by atoms with Crippen LogP contribution < -0.4 is 10.2 Å². The maximum Gasteiger partial charge on any atom is 0.251 e. The highest BCUT2D eigenvalue weighted by Crippen LogP contribution is 2.24. The van der Waals surface area contributed by atoms with E-state index in [0.29, 0.717) is 5.56 Å². The van der Waals surface area contributed by atoms with Gasteiger partial charge < -0.3 is 15.2 Å². The Bertz CT molecular complexity index is 1130. The molecular formula is C23H23N5O. The zero-order valence-electron chi connectivity index (χ0n) is 16.1. The fraction of sp³-hybridized carbons (Fsp3) is 0.217. The Labute approximate surface area is 168 Å². The predicted octanol–water partition coefficient (Wildman–Crippen LogP) is 3.96. The summed E-state index contributed by atoms with van der Waals surface area (Å²) in [5, 5.41) is 11.9. The van der Waals surface area contributed by atoms with Gasteiger partial charge in [-0.2, -0.15) is 5.10 Å². The van der Waals surface area contributed by atoms with Crippen LogP contribution in [0.15, 0.2) is 66.9 Å². The van der Waals surface area contributed by atoms with Crippen LogP contribution in [-0.2, 0) is 0 Å². The number of rotatable bonds is 4. The van der Waals surface area contributed by atoms with Crippen LogP contribution in [0.1, 0.15) is 23.2 Å². The number of hydrogen-bond acceptors (Lipinski definition) is 3. The number of aromatic amines is 2. The number of piperidine rings is 1. The van der Waals surface area contributed by atoms with E-state index in [2.05, 4.69) is 43.6 Å². The molecule has 146 valence electrons. The molecule has 0 saturated carbocycles. The largest absolute Gasteiger partial charge is 0.361 e. The maximum atomic E-state index is 12.7. The Morgan fingerprint density at radius 3 is 2.90 bits per heavy atom.